The second kappa shape index (κ2) is 9.64. The minimum Gasteiger partial charge on any atom is -0.339 e. The highest BCUT2D eigenvalue weighted by molar-refractivity contribution is 7.89. The lowest BCUT2D eigenvalue weighted by molar-refractivity contribution is -0.138. The molecule has 174 valence electrons. The zero-order valence-corrected chi connectivity index (χ0v) is 18.9. The monoisotopic (exact) mass is 481 g/mol. The maximum Gasteiger partial charge on any atom is 0.417 e. The number of nitrogens with zero attached hydrogens (tertiary/aromatic N) is 3. The van der Waals surface area contributed by atoms with Crippen LogP contribution in [0.25, 0.3) is 0 Å². The van der Waals surface area contributed by atoms with E-state index in [1.807, 2.05) is 9.80 Å². The summed E-state index contributed by atoms with van der Waals surface area (Å²) in [6.07, 6.45) is -0.699. The molecule has 3 rings (SSSR count). The summed E-state index contributed by atoms with van der Waals surface area (Å²) in [5.41, 5.74) is -1.17. The number of likely N-dealkylation sites (tertiary alicyclic amines) is 1. The molecule has 1 aromatic rings. The number of piperazine rings is 1. The lowest BCUT2D eigenvalue weighted by atomic mass is 10.00. The van der Waals surface area contributed by atoms with E-state index in [1.165, 1.54) is 0 Å². The maximum absolute atomic E-state index is 13.1. The topological polar surface area (TPSA) is 60.9 Å². The van der Waals surface area contributed by atoms with E-state index in [-0.39, 0.29) is 31.6 Å². The van der Waals surface area contributed by atoms with Gasteiger partial charge in [0.15, 0.2) is 0 Å². The van der Waals surface area contributed by atoms with Gasteiger partial charge in [0.2, 0.25) is 15.9 Å². The quantitative estimate of drug-likeness (QED) is 0.646. The Bertz CT molecular complexity index is 903. The van der Waals surface area contributed by atoms with Crippen LogP contribution in [-0.2, 0) is 21.0 Å². The van der Waals surface area contributed by atoms with E-state index in [9.17, 15) is 26.4 Å². The molecule has 2 saturated heterocycles. The van der Waals surface area contributed by atoms with Crippen molar-refractivity contribution in [2.24, 2.45) is 0 Å². The molecule has 0 bridgehead atoms. The number of hydrogen-bond donors (Lipinski definition) is 0. The number of rotatable bonds is 5. The van der Waals surface area contributed by atoms with Crippen molar-refractivity contribution >= 4 is 27.5 Å². The molecule has 1 unspecified atom stereocenters. The lowest BCUT2D eigenvalue weighted by Crippen LogP contribution is -2.53. The van der Waals surface area contributed by atoms with Gasteiger partial charge in [-0.15, -0.1) is 0 Å². The van der Waals surface area contributed by atoms with Gasteiger partial charge in [-0.1, -0.05) is 18.5 Å². The third-order valence-electron chi connectivity index (χ3n) is 5.99. The summed E-state index contributed by atoms with van der Waals surface area (Å²) in [6.45, 7) is 3.95. The van der Waals surface area contributed by atoms with Crippen LogP contribution in [0.1, 0.15) is 38.2 Å². The molecule has 11 heteroatoms. The zero-order valence-electron chi connectivity index (χ0n) is 17.4. The van der Waals surface area contributed by atoms with Crippen LogP contribution in [0.15, 0.2) is 23.1 Å². The van der Waals surface area contributed by atoms with Gasteiger partial charge >= 0.3 is 6.18 Å². The first-order valence-electron chi connectivity index (χ1n) is 10.4. The maximum atomic E-state index is 13.1. The van der Waals surface area contributed by atoms with E-state index >= 15 is 0 Å². The SMILES string of the molecule is CCC1CCCCN1C(=O)CN1CCN(S(=O)(=O)c2ccc(Cl)c(C(F)(F)F)c2)CC1. The van der Waals surface area contributed by atoms with Crippen LogP contribution in [0.3, 0.4) is 0 Å². The minimum atomic E-state index is -4.74. The van der Waals surface area contributed by atoms with Crippen LogP contribution >= 0.6 is 11.6 Å². The van der Waals surface area contributed by atoms with Crippen molar-refractivity contribution in [3.63, 3.8) is 0 Å². The van der Waals surface area contributed by atoms with Gasteiger partial charge in [-0.25, -0.2) is 8.42 Å². The summed E-state index contributed by atoms with van der Waals surface area (Å²) in [5, 5.41) is -0.544. The molecule has 0 radical (unpaired) electrons. The summed E-state index contributed by atoms with van der Waals surface area (Å²) in [4.78, 5) is 16.1. The molecular formula is C20H27ClF3N3O3S. The predicted molar refractivity (Wildman–Crippen MR) is 111 cm³/mol. The molecule has 1 aromatic carbocycles. The average molecular weight is 482 g/mol. The number of piperidine rings is 1. The number of halogens is 4. The van der Waals surface area contributed by atoms with Crippen molar-refractivity contribution < 1.29 is 26.4 Å². The number of benzene rings is 1. The molecule has 2 fully saturated rings. The third-order valence-corrected chi connectivity index (χ3v) is 8.21. The lowest BCUT2D eigenvalue weighted by Gasteiger charge is -2.38. The molecule has 0 saturated carbocycles. The average Bonchev–Trinajstić information content (AvgIpc) is 2.73. The van der Waals surface area contributed by atoms with Gasteiger partial charge in [-0.3, -0.25) is 9.69 Å². The van der Waals surface area contributed by atoms with Crippen molar-refractivity contribution in [2.45, 2.75) is 49.7 Å². The smallest absolute Gasteiger partial charge is 0.339 e. The molecule has 0 aromatic heterocycles. The van der Waals surface area contributed by atoms with E-state index in [2.05, 4.69) is 6.92 Å². The highest BCUT2D eigenvalue weighted by atomic mass is 35.5. The van der Waals surface area contributed by atoms with Crippen molar-refractivity contribution in [1.82, 2.24) is 14.1 Å². The fourth-order valence-electron chi connectivity index (χ4n) is 4.19. The number of amides is 1. The third kappa shape index (κ3) is 5.53. The van der Waals surface area contributed by atoms with E-state index in [1.54, 1.807) is 0 Å². The summed E-state index contributed by atoms with van der Waals surface area (Å²) < 4.78 is 66.2. The Hall–Kier alpha value is -1.36. The number of hydrogen-bond acceptors (Lipinski definition) is 4. The molecule has 0 N–H and O–H groups in total. The Kier molecular flexibility index (Phi) is 7.55. The van der Waals surface area contributed by atoms with Gasteiger partial charge in [0.1, 0.15) is 0 Å². The number of carbonyl (C=O) groups is 1. The molecule has 1 amide bonds. The number of carbonyl (C=O) groups excluding carboxylic acids is 1. The van der Waals surface area contributed by atoms with Gasteiger partial charge in [0.05, 0.1) is 22.0 Å². The zero-order chi connectivity index (χ0) is 22.8. The second-order valence-corrected chi connectivity index (χ2v) is 10.3. The second-order valence-electron chi connectivity index (χ2n) is 7.96. The first-order chi connectivity index (χ1) is 14.5. The molecule has 0 aliphatic carbocycles. The summed E-state index contributed by atoms with van der Waals surface area (Å²) in [7, 11) is -4.09. The standard InChI is InChI=1S/C20H27ClF3N3O3S/c1-2-15-5-3-4-8-27(15)19(28)14-25-9-11-26(12-10-25)31(29,30)16-6-7-18(21)17(13-16)20(22,23)24/h6-7,13,15H,2-5,8-12,14H2,1H3. The van der Waals surface area contributed by atoms with Gasteiger partial charge in [0.25, 0.3) is 0 Å². The van der Waals surface area contributed by atoms with Crippen molar-refractivity contribution in [2.75, 3.05) is 39.3 Å². The van der Waals surface area contributed by atoms with Crippen LogP contribution in [0.5, 0.6) is 0 Å². The normalized spacial score (nSPS) is 22.0. The largest absolute Gasteiger partial charge is 0.417 e. The van der Waals surface area contributed by atoms with Gasteiger partial charge in [-0.05, 0) is 43.9 Å². The Balaban J connectivity index is 1.63. The van der Waals surface area contributed by atoms with Gasteiger partial charge in [-0.2, -0.15) is 17.5 Å². The summed E-state index contributed by atoms with van der Waals surface area (Å²) in [6, 6.07) is 2.88. The summed E-state index contributed by atoms with van der Waals surface area (Å²) >= 11 is 5.60. The molecule has 31 heavy (non-hydrogen) atoms. The molecule has 1 atom stereocenters. The van der Waals surface area contributed by atoms with Crippen LogP contribution in [-0.4, -0.2) is 73.7 Å². The van der Waals surface area contributed by atoms with Crippen LogP contribution in [0.4, 0.5) is 13.2 Å². The molecule has 2 aliphatic heterocycles. The molecule has 0 spiro atoms. The first-order valence-corrected chi connectivity index (χ1v) is 12.2. The van der Waals surface area contributed by atoms with Gasteiger partial charge < -0.3 is 4.90 Å². The van der Waals surface area contributed by atoms with Crippen LogP contribution < -0.4 is 0 Å². The Morgan fingerprint density at radius 2 is 1.81 bits per heavy atom. The Labute approximate surface area is 186 Å². The van der Waals surface area contributed by atoms with E-state index in [4.69, 9.17) is 11.6 Å². The molecule has 2 heterocycles. The van der Waals surface area contributed by atoms with Crippen LogP contribution in [0.2, 0.25) is 5.02 Å². The van der Waals surface area contributed by atoms with Crippen LogP contribution in [0, 0.1) is 0 Å². The minimum absolute atomic E-state index is 0.0513. The Morgan fingerprint density at radius 3 is 2.42 bits per heavy atom. The fraction of sp³-hybridized carbons (Fsp3) is 0.650. The van der Waals surface area contributed by atoms with Crippen molar-refractivity contribution in [3.8, 4) is 0 Å². The van der Waals surface area contributed by atoms with E-state index < -0.39 is 31.7 Å². The first kappa shape index (κ1) is 24.3. The predicted octanol–water partition coefficient (Wildman–Crippen LogP) is 3.46. The summed E-state index contributed by atoms with van der Waals surface area (Å²) in [5.74, 6) is 0.0513. The molecule has 6 nitrogen and oxygen atoms in total. The van der Waals surface area contributed by atoms with Crippen molar-refractivity contribution in [1.29, 1.82) is 0 Å². The number of sulfonamides is 1. The number of alkyl halides is 3. The van der Waals surface area contributed by atoms with E-state index in [0.29, 0.717) is 19.2 Å². The molecule has 2 aliphatic rings. The van der Waals surface area contributed by atoms with E-state index in [0.717, 1.165) is 48.7 Å². The van der Waals surface area contributed by atoms with Gasteiger partial charge in [0, 0.05) is 38.8 Å². The fourth-order valence-corrected chi connectivity index (χ4v) is 5.87. The highest BCUT2D eigenvalue weighted by Gasteiger charge is 2.36. The highest BCUT2D eigenvalue weighted by Crippen LogP contribution is 2.36. The Morgan fingerprint density at radius 1 is 1.13 bits per heavy atom. The van der Waals surface area contributed by atoms with Crippen molar-refractivity contribution in [3.05, 3.63) is 28.8 Å². The molecular weight excluding hydrogens is 455 g/mol.